The molecule has 0 bridgehead atoms. The zero-order valence-electron chi connectivity index (χ0n) is 21.9. The Kier molecular flexibility index (Phi) is 10.8. The van der Waals surface area contributed by atoms with E-state index in [4.69, 9.17) is 4.74 Å². The number of nitriles is 1. The van der Waals surface area contributed by atoms with Gasteiger partial charge in [0.25, 0.3) is 0 Å². The van der Waals surface area contributed by atoms with Gasteiger partial charge in [0.05, 0.1) is 30.4 Å². The first-order valence-corrected chi connectivity index (χ1v) is 12.8. The molecule has 0 radical (unpaired) electrons. The Morgan fingerprint density at radius 3 is 2.08 bits per heavy atom. The van der Waals surface area contributed by atoms with Gasteiger partial charge in [0.1, 0.15) is 6.23 Å². The molecular weight excluding hydrogens is 464 g/mol. The lowest BCUT2D eigenvalue weighted by Gasteiger charge is -2.40. The van der Waals surface area contributed by atoms with E-state index in [2.05, 4.69) is 6.07 Å². The second kappa shape index (κ2) is 14.0. The Labute approximate surface area is 220 Å². The smallest absolute Gasteiger partial charge is 0.170 e. The van der Waals surface area contributed by atoms with Crippen molar-refractivity contribution in [3.8, 4) is 17.2 Å². The fraction of sp³-hybridized carbons (Fsp3) is 0.387. The summed E-state index contributed by atoms with van der Waals surface area (Å²) in [5.41, 5.74) is 4.33. The molecule has 0 aliphatic heterocycles. The molecule has 0 saturated heterocycles. The summed E-state index contributed by atoms with van der Waals surface area (Å²) in [6, 6.07) is 26.8. The minimum absolute atomic E-state index is 0.0197. The topological polar surface area (TPSA) is 97.0 Å². The number of ether oxygens (including phenoxy) is 1. The van der Waals surface area contributed by atoms with Crippen LogP contribution in [-0.4, -0.2) is 44.9 Å². The van der Waals surface area contributed by atoms with Crippen LogP contribution < -0.4 is 0 Å². The third-order valence-corrected chi connectivity index (χ3v) is 6.52. The van der Waals surface area contributed by atoms with Crippen LogP contribution in [0.15, 0.2) is 78.9 Å². The lowest BCUT2D eigenvalue weighted by molar-refractivity contribution is -0.188. The van der Waals surface area contributed by atoms with Crippen molar-refractivity contribution in [2.24, 2.45) is 5.92 Å². The molecule has 3 unspecified atom stereocenters. The quantitative estimate of drug-likeness (QED) is 0.283. The first-order chi connectivity index (χ1) is 17.8. The Hall–Kier alpha value is -3.05. The summed E-state index contributed by atoms with van der Waals surface area (Å²) < 4.78 is 5.87. The van der Waals surface area contributed by atoms with Gasteiger partial charge in [-0.2, -0.15) is 5.26 Å². The maximum absolute atomic E-state index is 11.2. The number of hydrogen-bond acceptors (Lipinski definition) is 6. The number of aliphatic hydroxyl groups is 3. The molecule has 0 fully saturated rings. The van der Waals surface area contributed by atoms with E-state index in [1.165, 1.54) is 0 Å². The first-order valence-electron chi connectivity index (χ1n) is 12.8. The number of aliphatic hydroxyl groups excluding tert-OH is 3. The van der Waals surface area contributed by atoms with E-state index < -0.39 is 24.7 Å². The summed E-state index contributed by atoms with van der Waals surface area (Å²) in [4.78, 5) is 1.86. The van der Waals surface area contributed by atoms with Gasteiger partial charge in [0.2, 0.25) is 0 Å². The summed E-state index contributed by atoms with van der Waals surface area (Å²) in [7, 11) is 0. The third kappa shape index (κ3) is 8.22. The summed E-state index contributed by atoms with van der Waals surface area (Å²) >= 11 is 0. The first kappa shape index (κ1) is 28.5. The number of nitrogens with zero attached hydrogens (tertiary/aromatic N) is 2. The number of benzene rings is 3. The van der Waals surface area contributed by atoms with Gasteiger partial charge in [-0.1, -0.05) is 86.6 Å². The Morgan fingerprint density at radius 2 is 1.46 bits per heavy atom. The van der Waals surface area contributed by atoms with Crippen molar-refractivity contribution in [2.45, 2.75) is 71.4 Å². The lowest BCUT2D eigenvalue weighted by atomic mass is 9.97. The standard InChI is InChI=1S/C31H38N2O4/c1-22(2)30(31(36)37-21-25-9-5-4-6-10-25)33(29(35)18-13-23(3)34)20-24-14-16-26(17-15-24)28-12-8-7-11-27(28)19-32/h4-12,14-17,22-23,29-31,34-36H,13,18,20-21H2,1-3H3/t23?,29?,30-,31?/m0/s1. The molecule has 6 nitrogen and oxygen atoms in total. The zero-order valence-corrected chi connectivity index (χ0v) is 21.9. The van der Waals surface area contributed by atoms with Crippen LogP contribution >= 0.6 is 0 Å². The van der Waals surface area contributed by atoms with Crippen molar-refractivity contribution < 1.29 is 20.1 Å². The van der Waals surface area contributed by atoms with E-state index in [0.29, 0.717) is 24.9 Å². The molecule has 0 heterocycles. The van der Waals surface area contributed by atoms with Crippen LogP contribution in [0.3, 0.4) is 0 Å². The summed E-state index contributed by atoms with van der Waals surface area (Å²) in [5.74, 6) is -0.0197. The van der Waals surface area contributed by atoms with E-state index in [1.54, 1.807) is 13.0 Å². The van der Waals surface area contributed by atoms with Gasteiger partial charge in [-0.05, 0) is 54.0 Å². The van der Waals surface area contributed by atoms with Crippen molar-refractivity contribution in [3.05, 3.63) is 95.6 Å². The van der Waals surface area contributed by atoms with Crippen LogP contribution in [0.2, 0.25) is 0 Å². The molecule has 4 atom stereocenters. The zero-order chi connectivity index (χ0) is 26.8. The average molecular weight is 503 g/mol. The molecule has 0 aliphatic carbocycles. The molecule has 3 rings (SSSR count). The number of rotatable bonds is 13. The van der Waals surface area contributed by atoms with Crippen molar-refractivity contribution >= 4 is 0 Å². The molecule has 37 heavy (non-hydrogen) atoms. The van der Waals surface area contributed by atoms with Crippen LogP contribution in [0.25, 0.3) is 11.1 Å². The molecule has 6 heteroatoms. The normalized spacial score (nSPS) is 14.8. The van der Waals surface area contributed by atoms with E-state index in [-0.39, 0.29) is 12.5 Å². The second-order valence-corrected chi connectivity index (χ2v) is 9.86. The van der Waals surface area contributed by atoms with Crippen LogP contribution in [0, 0.1) is 17.2 Å². The molecule has 0 spiro atoms. The maximum atomic E-state index is 11.2. The Balaban J connectivity index is 1.83. The highest BCUT2D eigenvalue weighted by Crippen LogP contribution is 2.27. The molecule has 0 aromatic heterocycles. The molecule has 0 saturated carbocycles. The highest BCUT2D eigenvalue weighted by molar-refractivity contribution is 5.70. The molecule has 3 aromatic rings. The van der Waals surface area contributed by atoms with Crippen LogP contribution in [0.4, 0.5) is 0 Å². The van der Waals surface area contributed by atoms with Crippen LogP contribution in [0.1, 0.15) is 50.3 Å². The monoisotopic (exact) mass is 502 g/mol. The fourth-order valence-corrected chi connectivity index (χ4v) is 4.53. The summed E-state index contributed by atoms with van der Waals surface area (Å²) in [6.45, 7) is 6.34. The highest BCUT2D eigenvalue weighted by Gasteiger charge is 2.34. The van der Waals surface area contributed by atoms with E-state index in [0.717, 1.165) is 22.3 Å². The summed E-state index contributed by atoms with van der Waals surface area (Å²) in [5, 5.41) is 41.5. The maximum Gasteiger partial charge on any atom is 0.170 e. The Bertz CT molecular complexity index is 1130. The van der Waals surface area contributed by atoms with Gasteiger partial charge < -0.3 is 20.1 Å². The van der Waals surface area contributed by atoms with Gasteiger partial charge in [-0.25, -0.2) is 0 Å². The SMILES string of the molecule is CC(O)CCC(O)N(Cc1ccc(-c2ccccc2C#N)cc1)[C@@H](C(C)C)C(O)OCc1ccccc1. The van der Waals surface area contributed by atoms with Gasteiger partial charge >= 0.3 is 0 Å². The van der Waals surface area contributed by atoms with Crippen molar-refractivity contribution in [3.63, 3.8) is 0 Å². The molecule has 3 N–H and O–H groups in total. The Morgan fingerprint density at radius 1 is 0.811 bits per heavy atom. The highest BCUT2D eigenvalue weighted by atomic mass is 16.6. The predicted octanol–water partition coefficient (Wildman–Crippen LogP) is 5.07. The molecule has 0 aliphatic rings. The van der Waals surface area contributed by atoms with Crippen molar-refractivity contribution in [2.75, 3.05) is 0 Å². The third-order valence-electron chi connectivity index (χ3n) is 6.52. The molecular formula is C31H38N2O4. The predicted molar refractivity (Wildman–Crippen MR) is 145 cm³/mol. The van der Waals surface area contributed by atoms with Crippen molar-refractivity contribution in [1.82, 2.24) is 4.90 Å². The van der Waals surface area contributed by atoms with Gasteiger partial charge in [0, 0.05) is 6.54 Å². The van der Waals surface area contributed by atoms with Crippen LogP contribution in [-0.2, 0) is 17.9 Å². The van der Waals surface area contributed by atoms with Gasteiger partial charge in [-0.3, -0.25) is 4.90 Å². The van der Waals surface area contributed by atoms with Crippen molar-refractivity contribution in [1.29, 1.82) is 5.26 Å². The van der Waals surface area contributed by atoms with Gasteiger partial charge in [0.15, 0.2) is 6.29 Å². The minimum atomic E-state index is -1.12. The average Bonchev–Trinajstić information content (AvgIpc) is 2.91. The van der Waals surface area contributed by atoms with Gasteiger partial charge in [-0.15, -0.1) is 0 Å². The molecule has 3 aromatic carbocycles. The summed E-state index contributed by atoms with van der Waals surface area (Å²) in [6.07, 6.45) is -1.74. The second-order valence-electron chi connectivity index (χ2n) is 9.86. The minimum Gasteiger partial charge on any atom is -0.393 e. The molecule has 196 valence electrons. The van der Waals surface area contributed by atoms with E-state index >= 15 is 0 Å². The van der Waals surface area contributed by atoms with E-state index in [1.807, 2.05) is 91.5 Å². The van der Waals surface area contributed by atoms with E-state index in [9.17, 15) is 20.6 Å². The fourth-order valence-electron chi connectivity index (χ4n) is 4.53. The lowest BCUT2D eigenvalue weighted by Crippen LogP contribution is -2.52. The van der Waals surface area contributed by atoms with Crippen LogP contribution in [0.5, 0.6) is 0 Å². The largest absolute Gasteiger partial charge is 0.393 e. The molecule has 0 amide bonds. The number of hydrogen-bond donors (Lipinski definition) is 3.